The molecule has 5 nitrogen and oxygen atoms in total. The second-order valence-corrected chi connectivity index (χ2v) is 3.11. The van der Waals surface area contributed by atoms with E-state index in [1.165, 1.54) is 0 Å². The van der Waals surface area contributed by atoms with Crippen LogP contribution in [-0.2, 0) is 19.6 Å². The van der Waals surface area contributed by atoms with Gasteiger partial charge in [0.25, 0.3) is 0 Å². The Bertz CT molecular complexity index is 204. The monoisotopic (exact) mass is 167 g/mol. The zero-order chi connectivity index (χ0) is 8.20. The van der Waals surface area contributed by atoms with Crippen molar-refractivity contribution in [3.8, 4) is 0 Å². The Hall–Kier alpha value is -0.620. The lowest BCUT2D eigenvalue weighted by Gasteiger charge is -2.03. The van der Waals surface area contributed by atoms with Crippen LogP contribution in [0.4, 0.5) is 0 Å². The maximum Gasteiger partial charge on any atom is 0.306 e. The average Bonchev–Trinajstić information content (AvgIpc) is 1.81. The lowest BCUT2D eigenvalue weighted by Crippen LogP contribution is -2.10. The molecule has 0 atom stereocenters. The second-order valence-electron chi connectivity index (χ2n) is 1.59. The van der Waals surface area contributed by atoms with Crippen LogP contribution in [0.2, 0.25) is 0 Å². The Balaban J connectivity index is 3.67. The number of carbonyl (C=O) groups excluding carboxylic acids is 1. The van der Waals surface area contributed by atoms with E-state index in [4.69, 9.17) is 0 Å². The molecule has 0 bridgehead atoms. The molecule has 0 fully saturated rings. The number of carbonyl (C=O) groups is 1. The molecule has 0 aliphatic heterocycles. The lowest BCUT2D eigenvalue weighted by atomic mass is 10.5. The molecule has 60 valence electrons. The highest BCUT2D eigenvalue weighted by Crippen LogP contribution is 1.89. The SMILES string of the molecule is COC(=O)CCS(=O)(=O)[O-]. The largest absolute Gasteiger partial charge is 0.748 e. The standard InChI is InChI=1S/C4H8O5S/c1-9-4(5)2-3-10(6,7)8/h2-3H2,1H3,(H,6,7,8)/p-1. The van der Waals surface area contributed by atoms with E-state index in [2.05, 4.69) is 4.74 Å². The highest BCUT2D eigenvalue weighted by molar-refractivity contribution is 7.85. The van der Waals surface area contributed by atoms with E-state index in [1.54, 1.807) is 0 Å². The van der Waals surface area contributed by atoms with Crippen molar-refractivity contribution in [1.29, 1.82) is 0 Å². The van der Waals surface area contributed by atoms with E-state index in [0.29, 0.717) is 0 Å². The maximum absolute atomic E-state index is 10.2. The van der Waals surface area contributed by atoms with Gasteiger partial charge in [-0.2, -0.15) is 0 Å². The number of rotatable bonds is 3. The molecule has 0 saturated heterocycles. The van der Waals surface area contributed by atoms with Crippen molar-refractivity contribution in [2.75, 3.05) is 12.9 Å². The first-order chi connectivity index (χ1) is 4.45. The summed E-state index contributed by atoms with van der Waals surface area (Å²) >= 11 is 0. The molecule has 6 heteroatoms. The van der Waals surface area contributed by atoms with Gasteiger partial charge in [0.15, 0.2) is 0 Å². The molecule has 0 saturated carbocycles. The molecule has 0 aromatic rings. The number of esters is 1. The lowest BCUT2D eigenvalue weighted by molar-refractivity contribution is -0.140. The first-order valence-corrected chi connectivity index (χ1v) is 4.04. The first-order valence-electron chi connectivity index (χ1n) is 2.46. The van der Waals surface area contributed by atoms with E-state index in [0.717, 1.165) is 7.11 Å². The van der Waals surface area contributed by atoms with Crippen LogP contribution in [0.3, 0.4) is 0 Å². The average molecular weight is 167 g/mol. The Labute approximate surface area is 58.7 Å². The predicted molar refractivity (Wildman–Crippen MR) is 31.2 cm³/mol. The van der Waals surface area contributed by atoms with Crippen LogP contribution in [0, 0.1) is 0 Å². The van der Waals surface area contributed by atoms with Crippen molar-refractivity contribution in [2.45, 2.75) is 6.42 Å². The van der Waals surface area contributed by atoms with Gasteiger partial charge in [0.2, 0.25) is 0 Å². The molecule has 0 aromatic carbocycles. The summed E-state index contributed by atoms with van der Waals surface area (Å²) in [6.07, 6.45) is -0.373. The van der Waals surface area contributed by atoms with Gasteiger partial charge in [0.05, 0.1) is 23.6 Å². The zero-order valence-corrected chi connectivity index (χ0v) is 6.18. The molecule has 0 aromatic heterocycles. The molecule has 0 rings (SSSR count). The zero-order valence-electron chi connectivity index (χ0n) is 5.36. The summed E-state index contributed by atoms with van der Waals surface area (Å²) in [6, 6.07) is 0. The van der Waals surface area contributed by atoms with E-state index >= 15 is 0 Å². The maximum atomic E-state index is 10.2. The summed E-state index contributed by atoms with van der Waals surface area (Å²) in [5.74, 6) is -1.39. The summed E-state index contributed by atoms with van der Waals surface area (Å²) in [6.45, 7) is 0. The van der Waals surface area contributed by atoms with E-state index in [-0.39, 0.29) is 6.42 Å². The summed E-state index contributed by atoms with van der Waals surface area (Å²) in [4.78, 5) is 10.2. The van der Waals surface area contributed by atoms with Gasteiger partial charge in [-0.25, -0.2) is 8.42 Å². The normalized spacial score (nSPS) is 11.0. The first kappa shape index (κ1) is 9.38. The molecule has 0 N–H and O–H groups in total. The predicted octanol–water partition coefficient (Wildman–Crippen LogP) is -0.905. The van der Waals surface area contributed by atoms with Crippen LogP contribution in [0.15, 0.2) is 0 Å². The van der Waals surface area contributed by atoms with Crippen molar-refractivity contribution in [3.63, 3.8) is 0 Å². The van der Waals surface area contributed by atoms with Gasteiger partial charge in [-0.3, -0.25) is 4.79 Å². The van der Waals surface area contributed by atoms with Gasteiger partial charge in [0.1, 0.15) is 0 Å². The van der Waals surface area contributed by atoms with Gasteiger partial charge in [-0.05, 0) is 0 Å². The highest BCUT2D eigenvalue weighted by Gasteiger charge is 2.02. The third kappa shape index (κ3) is 5.52. The molecule has 0 spiro atoms. The quantitative estimate of drug-likeness (QED) is 0.401. The Morgan fingerprint density at radius 1 is 1.60 bits per heavy atom. The van der Waals surface area contributed by atoms with Crippen molar-refractivity contribution >= 4 is 16.1 Å². The Morgan fingerprint density at radius 3 is 2.40 bits per heavy atom. The van der Waals surface area contributed by atoms with Gasteiger partial charge >= 0.3 is 5.97 Å². The second kappa shape index (κ2) is 3.52. The van der Waals surface area contributed by atoms with Crippen LogP contribution in [0.5, 0.6) is 0 Å². The fourth-order valence-electron chi connectivity index (χ4n) is 0.310. The van der Waals surface area contributed by atoms with Crippen molar-refractivity contribution < 1.29 is 22.5 Å². The van der Waals surface area contributed by atoms with E-state index in [9.17, 15) is 17.8 Å². The molecule has 0 aliphatic carbocycles. The highest BCUT2D eigenvalue weighted by atomic mass is 32.2. The van der Waals surface area contributed by atoms with Gasteiger partial charge in [0, 0.05) is 5.75 Å². The Kier molecular flexibility index (Phi) is 3.31. The van der Waals surface area contributed by atoms with Crippen molar-refractivity contribution in [3.05, 3.63) is 0 Å². The van der Waals surface area contributed by atoms with Crippen LogP contribution in [0.1, 0.15) is 6.42 Å². The number of ether oxygens (including phenoxy) is 1. The minimum atomic E-state index is -4.28. The van der Waals surface area contributed by atoms with Crippen LogP contribution < -0.4 is 0 Å². The van der Waals surface area contributed by atoms with Crippen molar-refractivity contribution in [2.24, 2.45) is 0 Å². The summed E-state index contributed by atoms with van der Waals surface area (Å²) in [5.41, 5.74) is 0. The fraction of sp³-hybridized carbons (Fsp3) is 0.750. The molecule has 10 heavy (non-hydrogen) atoms. The number of hydrogen-bond donors (Lipinski definition) is 0. The smallest absolute Gasteiger partial charge is 0.306 e. The number of methoxy groups -OCH3 is 1. The third-order valence-electron chi connectivity index (χ3n) is 0.784. The summed E-state index contributed by atoms with van der Waals surface area (Å²) in [7, 11) is -3.16. The van der Waals surface area contributed by atoms with Crippen LogP contribution in [0.25, 0.3) is 0 Å². The van der Waals surface area contributed by atoms with Gasteiger partial charge in [-0.1, -0.05) is 0 Å². The van der Waals surface area contributed by atoms with E-state index in [1.807, 2.05) is 0 Å². The van der Waals surface area contributed by atoms with Crippen molar-refractivity contribution in [1.82, 2.24) is 0 Å². The summed E-state index contributed by atoms with van der Waals surface area (Å²) in [5, 5.41) is 0. The topological polar surface area (TPSA) is 83.5 Å². The minimum Gasteiger partial charge on any atom is -0.748 e. The number of hydrogen-bond acceptors (Lipinski definition) is 5. The molecular weight excluding hydrogens is 160 g/mol. The molecule has 0 heterocycles. The Morgan fingerprint density at radius 2 is 2.10 bits per heavy atom. The van der Waals surface area contributed by atoms with E-state index < -0.39 is 21.8 Å². The third-order valence-corrected chi connectivity index (χ3v) is 1.49. The molecule has 0 amide bonds. The summed E-state index contributed by atoms with van der Waals surface area (Å²) < 4.78 is 33.8. The molecule has 0 unspecified atom stereocenters. The van der Waals surface area contributed by atoms with Crippen LogP contribution in [-0.4, -0.2) is 31.8 Å². The molecular formula is C4H7O5S-. The fourth-order valence-corrected chi connectivity index (χ4v) is 0.727. The molecule has 0 radical (unpaired) electrons. The van der Waals surface area contributed by atoms with Gasteiger partial charge < -0.3 is 9.29 Å². The van der Waals surface area contributed by atoms with Gasteiger partial charge in [-0.15, -0.1) is 0 Å². The van der Waals surface area contributed by atoms with Crippen LogP contribution >= 0.6 is 0 Å². The molecule has 0 aliphatic rings. The minimum absolute atomic E-state index is 0.373.